The van der Waals surface area contributed by atoms with E-state index in [1.807, 2.05) is 0 Å². The molecule has 4 nitrogen and oxygen atoms in total. The van der Waals surface area contributed by atoms with Gasteiger partial charge >= 0.3 is 12.1 Å². The van der Waals surface area contributed by atoms with Gasteiger partial charge in [0, 0.05) is 18.2 Å². The molecule has 0 aliphatic heterocycles. The highest BCUT2D eigenvalue weighted by molar-refractivity contribution is 5.71. The number of carbonyl (C=O) groups excluding carboxylic acids is 1. The number of nitrogens with two attached hydrogens (primary N) is 1. The molecule has 0 saturated carbocycles. The summed E-state index contributed by atoms with van der Waals surface area (Å²) in [7, 11) is 0. The lowest BCUT2D eigenvalue weighted by molar-refractivity contribution is -0.151. The summed E-state index contributed by atoms with van der Waals surface area (Å²) in [6, 6.07) is 6.44. The van der Waals surface area contributed by atoms with Crippen LogP contribution in [0.5, 0.6) is 5.75 Å². The number of nitrogen functional groups attached to an aromatic ring is 1. The van der Waals surface area contributed by atoms with Crippen LogP contribution in [0.3, 0.4) is 0 Å². The second-order valence-corrected chi connectivity index (χ2v) is 3.80. The Labute approximate surface area is 108 Å². The number of hydrogen-bond acceptors (Lipinski definition) is 4. The fraction of sp³-hybridized carbons (Fsp3) is 0.417. The van der Waals surface area contributed by atoms with Gasteiger partial charge in [0.25, 0.3) is 0 Å². The number of benzene rings is 1. The van der Waals surface area contributed by atoms with Crippen LogP contribution in [-0.4, -0.2) is 25.4 Å². The maximum Gasteiger partial charge on any atom is 0.389 e. The Balaban J connectivity index is 2.18. The lowest BCUT2D eigenvalue weighted by Gasteiger charge is -2.08. The Morgan fingerprint density at radius 1 is 1.32 bits per heavy atom. The van der Waals surface area contributed by atoms with Crippen LogP contribution in [0.15, 0.2) is 24.3 Å². The summed E-state index contributed by atoms with van der Waals surface area (Å²) < 4.78 is 45.1. The largest absolute Gasteiger partial charge is 0.482 e. The number of esters is 1. The molecule has 0 amide bonds. The van der Waals surface area contributed by atoms with E-state index in [2.05, 4.69) is 4.74 Å². The van der Waals surface area contributed by atoms with Crippen LogP contribution in [0.1, 0.15) is 12.8 Å². The molecule has 0 unspecified atom stereocenters. The number of ether oxygens (including phenoxy) is 2. The van der Waals surface area contributed by atoms with Crippen LogP contribution in [0.25, 0.3) is 0 Å². The predicted octanol–water partition coefficient (Wildman–Crippen LogP) is 2.53. The molecule has 0 atom stereocenters. The first-order valence-corrected chi connectivity index (χ1v) is 5.57. The summed E-state index contributed by atoms with van der Waals surface area (Å²) in [5.74, 6) is -0.322. The van der Waals surface area contributed by atoms with Crippen LogP contribution in [-0.2, 0) is 9.53 Å². The molecule has 0 fully saturated rings. The first-order chi connectivity index (χ1) is 8.87. The molecule has 0 aliphatic carbocycles. The maximum atomic E-state index is 11.8. The van der Waals surface area contributed by atoms with E-state index < -0.39 is 18.6 Å². The van der Waals surface area contributed by atoms with Gasteiger partial charge in [-0.2, -0.15) is 13.2 Å². The van der Waals surface area contributed by atoms with Gasteiger partial charge in [0.1, 0.15) is 5.75 Å². The number of halogens is 3. The number of anilines is 1. The molecule has 0 bridgehead atoms. The number of rotatable bonds is 6. The van der Waals surface area contributed by atoms with E-state index in [0.29, 0.717) is 11.4 Å². The molecule has 0 spiro atoms. The van der Waals surface area contributed by atoms with Gasteiger partial charge in [0.2, 0.25) is 0 Å². The molecular weight excluding hydrogens is 263 g/mol. The lowest BCUT2D eigenvalue weighted by atomic mass is 10.3. The molecular formula is C12H14F3NO3. The summed E-state index contributed by atoms with van der Waals surface area (Å²) in [6.45, 7) is -0.645. The molecule has 2 N–H and O–H groups in total. The third-order valence-corrected chi connectivity index (χ3v) is 2.08. The van der Waals surface area contributed by atoms with Crippen molar-refractivity contribution in [1.29, 1.82) is 0 Å². The Morgan fingerprint density at radius 3 is 2.68 bits per heavy atom. The maximum absolute atomic E-state index is 11.8. The number of carbonyl (C=O) groups is 1. The lowest BCUT2D eigenvalue weighted by Crippen LogP contribution is -2.17. The van der Waals surface area contributed by atoms with Crippen LogP contribution < -0.4 is 10.5 Å². The molecule has 7 heteroatoms. The highest BCUT2D eigenvalue weighted by Crippen LogP contribution is 2.21. The highest BCUT2D eigenvalue weighted by Gasteiger charge is 2.26. The molecule has 1 aromatic rings. The van der Waals surface area contributed by atoms with Gasteiger partial charge in [0.05, 0.1) is 6.61 Å². The summed E-state index contributed by atoms with van der Waals surface area (Å²) in [5.41, 5.74) is 5.98. The van der Waals surface area contributed by atoms with E-state index in [1.165, 1.54) is 6.07 Å². The quantitative estimate of drug-likeness (QED) is 0.493. The van der Waals surface area contributed by atoms with Crippen molar-refractivity contribution >= 4 is 11.7 Å². The van der Waals surface area contributed by atoms with Gasteiger partial charge < -0.3 is 15.2 Å². The topological polar surface area (TPSA) is 61.5 Å². The first kappa shape index (κ1) is 15.1. The molecule has 1 rings (SSSR count). The number of alkyl halides is 3. The van der Waals surface area contributed by atoms with Crippen LogP contribution in [0, 0.1) is 0 Å². The second-order valence-electron chi connectivity index (χ2n) is 3.80. The highest BCUT2D eigenvalue weighted by atomic mass is 19.4. The van der Waals surface area contributed by atoms with Gasteiger partial charge in [-0.05, 0) is 18.6 Å². The van der Waals surface area contributed by atoms with E-state index >= 15 is 0 Å². The normalized spacial score (nSPS) is 11.1. The van der Waals surface area contributed by atoms with Gasteiger partial charge in [-0.3, -0.25) is 0 Å². The van der Waals surface area contributed by atoms with E-state index in [1.54, 1.807) is 18.2 Å². The van der Waals surface area contributed by atoms with E-state index in [-0.39, 0.29) is 19.6 Å². The standard InChI is InChI=1S/C12H14F3NO3/c13-12(14,15)5-2-6-18-11(17)8-19-10-4-1-3-9(16)7-10/h1,3-4,7H,2,5-6,8,16H2. The monoisotopic (exact) mass is 277 g/mol. The smallest absolute Gasteiger partial charge is 0.389 e. The molecule has 0 heterocycles. The molecule has 0 aromatic heterocycles. The summed E-state index contributed by atoms with van der Waals surface area (Å²) in [4.78, 5) is 11.2. The molecule has 19 heavy (non-hydrogen) atoms. The average molecular weight is 277 g/mol. The van der Waals surface area contributed by atoms with E-state index in [0.717, 1.165) is 0 Å². The molecule has 0 aliphatic rings. The van der Waals surface area contributed by atoms with Gasteiger partial charge in [-0.25, -0.2) is 4.79 Å². The Bertz CT molecular complexity index is 421. The molecule has 0 radical (unpaired) electrons. The van der Waals surface area contributed by atoms with Gasteiger partial charge in [-0.1, -0.05) is 6.07 Å². The van der Waals surface area contributed by atoms with Crippen molar-refractivity contribution in [3.8, 4) is 5.75 Å². The number of hydrogen-bond donors (Lipinski definition) is 1. The Kier molecular flexibility index (Phi) is 5.47. The Hall–Kier alpha value is -1.92. The summed E-state index contributed by atoms with van der Waals surface area (Å²) in [5, 5.41) is 0. The SMILES string of the molecule is Nc1cccc(OCC(=O)OCCCC(F)(F)F)c1. The first-order valence-electron chi connectivity index (χ1n) is 5.57. The van der Waals surface area contributed by atoms with Crippen LogP contribution in [0.4, 0.5) is 18.9 Å². The fourth-order valence-corrected chi connectivity index (χ4v) is 1.25. The molecule has 0 saturated heterocycles. The summed E-state index contributed by atoms with van der Waals surface area (Å²) >= 11 is 0. The third-order valence-electron chi connectivity index (χ3n) is 2.08. The van der Waals surface area contributed by atoms with Crippen molar-refractivity contribution < 1.29 is 27.4 Å². The Morgan fingerprint density at radius 2 is 2.05 bits per heavy atom. The molecule has 106 valence electrons. The minimum Gasteiger partial charge on any atom is -0.482 e. The van der Waals surface area contributed by atoms with Crippen molar-refractivity contribution in [2.75, 3.05) is 18.9 Å². The van der Waals surface area contributed by atoms with Crippen molar-refractivity contribution in [3.63, 3.8) is 0 Å². The zero-order chi connectivity index (χ0) is 14.3. The average Bonchev–Trinajstić information content (AvgIpc) is 2.31. The zero-order valence-corrected chi connectivity index (χ0v) is 10.1. The summed E-state index contributed by atoms with van der Waals surface area (Å²) in [6.07, 6.45) is -5.46. The van der Waals surface area contributed by atoms with Crippen LogP contribution >= 0.6 is 0 Å². The fourth-order valence-electron chi connectivity index (χ4n) is 1.25. The minimum absolute atomic E-state index is 0.256. The third kappa shape index (κ3) is 7.17. The van der Waals surface area contributed by atoms with Gasteiger partial charge in [-0.15, -0.1) is 0 Å². The predicted molar refractivity (Wildman–Crippen MR) is 62.6 cm³/mol. The van der Waals surface area contributed by atoms with Crippen LogP contribution in [0.2, 0.25) is 0 Å². The zero-order valence-electron chi connectivity index (χ0n) is 10.1. The van der Waals surface area contributed by atoms with Crippen molar-refractivity contribution in [1.82, 2.24) is 0 Å². The van der Waals surface area contributed by atoms with E-state index in [4.69, 9.17) is 10.5 Å². The van der Waals surface area contributed by atoms with Crippen molar-refractivity contribution in [2.45, 2.75) is 19.0 Å². The second kappa shape index (κ2) is 6.86. The minimum atomic E-state index is -4.23. The van der Waals surface area contributed by atoms with Gasteiger partial charge in [0.15, 0.2) is 6.61 Å². The van der Waals surface area contributed by atoms with Crippen molar-refractivity contribution in [2.24, 2.45) is 0 Å². The van der Waals surface area contributed by atoms with E-state index in [9.17, 15) is 18.0 Å². The van der Waals surface area contributed by atoms with Crippen molar-refractivity contribution in [3.05, 3.63) is 24.3 Å². The molecule has 1 aromatic carbocycles.